The number of hydrogen-bond acceptors (Lipinski definition) is 3. The zero-order chi connectivity index (χ0) is 15.4. The average molecular weight is 396 g/mol. The number of nitro benzene ring substituents is 1. The smallest absolute Gasteiger partial charge is 0.269 e. The standard InChI is InChI=1S/C15H13IN2O3/c1-10(11-2-8-14(9-3-11)18(20)21)15(19)17-13-6-4-12(16)5-7-13/h2-10H,1H3,(H,17,19)/t10-/m0/s1. The molecule has 2 aromatic rings. The number of nitrogens with one attached hydrogen (secondary N) is 1. The summed E-state index contributed by atoms with van der Waals surface area (Å²) in [5, 5.41) is 13.4. The van der Waals surface area contributed by atoms with Gasteiger partial charge in [-0.3, -0.25) is 14.9 Å². The van der Waals surface area contributed by atoms with Gasteiger partial charge in [0.15, 0.2) is 0 Å². The van der Waals surface area contributed by atoms with Crippen LogP contribution in [-0.2, 0) is 4.79 Å². The van der Waals surface area contributed by atoms with Gasteiger partial charge in [-0.15, -0.1) is 0 Å². The van der Waals surface area contributed by atoms with Crippen molar-refractivity contribution in [1.29, 1.82) is 0 Å². The predicted octanol–water partition coefficient (Wildman–Crippen LogP) is 3.94. The van der Waals surface area contributed by atoms with Crippen molar-refractivity contribution in [3.63, 3.8) is 0 Å². The molecule has 108 valence electrons. The molecule has 0 spiro atoms. The molecule has 0 saturated heterocycles. The number of nitrogens with zero attached hydrogens (tertiary/aromatic N) is 1. The van der Waals surface area contributed by atoms with E-state index in [4.69, 9.17) is 0 Å². The van der Waals surface area contributed by atoms with E-state index in [-0.39, 0.29) is 17.5 Å². The number of benzene rings is 2. The molecular formula is C15H13IN2O3. The Balaban J connectivity index is 2.08. The van der Waals surface area contributed by atoms with E-state index < -0.39 is 4.92 Å². The van der Waals surface area contributed by atoms with Gasteiger partial charge in [-0.05, 0) is 59.3 Å². The second-order valence-corrected chi connectivity index (χ2v) is 5.81. The van der Waals surface area contributed by atoms with Crippen LogP contribution in [0.2, 0.25) is 0 Å². The second-order valence-electron chi connectivity index (χ2n) is 4.57. The van der Waals surface area contributed by atoms with Gasteiger partial charge in [0.2, 0.25) is 5.91 Å². The van der Waals surface area contributed by atoms with E-state index in [1.165, 1.54) is 12.1 Å². The Morgan fingerprint density at radius 1 is 1.14 bits per heavy atom. The zero-order valence-electron chi connectivity index (χ0n) is 11.2. The van der Waals surface area contributed by atoms with Crippen molar-refractivity contribution >= 4 is 39.9 Å². The SMILES string of the molecule is C[C@H](C(=O)Nc1ccc(I)cc1)c1ccc([N+](=O)[O-])cc1. The van der Waals surface area contributed by atoms with E-state index in [9.17, 15) is 14.9 Å². The first-order chi connectivity index (χ1) is 9.97. The molecule has 0 aliphatic heterocycles. The Hall–Kier alpha value is -1.96. The topological polar surface area (TPSA) is 72.2 Å². The maximum Gasteiger partial charge on any atom is 0.269 e. The van der Waals surface area contributed by atoms with Gasteiger partial charge in [0, 0.05) is 21.4 Å². The fourth-order valence-corrected chi connectivity index (χ4v) is 2.18. The summed E-state index contributed by atoms with van der Waals surface area (Å²) in [6.45, 7) is 1.77. The van der Waals surface area contributed by atoms with Gasteiger partial charge >= 0.3 is 0 Å². The molecule has 0 aromatic heterocycles. The summed E-state index contributed by atoms with van der Waals surface area (Å²) in [6, 6.07) is 13.5. The minimum atomic E-state index is -0.458. The summed E-state index contributed by atoms with van der Waals surface area (Å²) >= 11 is 2.19. The number of hydrogen-bond donors (Lipinski definition) is 1. The Bertz CT molecular complexity index is 654. The Morgan fingerprint density at radius 3 is 2.24 bits per heavy atom. The molecule has 2 rings (SSSR count). The Labute approximate surface area is 135 Å². The lowest BCUT2D eigenvalue weighted by Gasteiger charge is -2.12. The molecule has 2 aromatic carbocycles. The molecule has 0 aliphatic carbocycles. The lowest BCUT2D eigenvalue weighted by molar-refractivity contribution is -0.384. The third-order valence-electron chi connectivity index (χ3n) is 3.11. The predicted molar refractivity (Wildman–Crippen MR) is 89.3 cm³/mol. The van der Waals surface area contributed by atoms with Gasteiger partial charge in [0.05, 0.1) is 10.8 Å². The highest BCUT2D eigenvalue weighted by Crippen LogP contribution is 2.21. The van der Waals surface area contributed by atoms with Crippen molar-refractivity contribution in [1.82, 2.24) is 0 Å². The van der Waals surface area contributed by atoms with Gasteiger partial charge < -0.3 is 5.32 Å². The molecule has 0 heterocycles. The van der Waals surface area contributed by atoms with Crippen LogP contribution in [0.3, 0.4) is 0 Å². The van der Waals surface area contributed by atoms with E-state index in [0.29, 0.717) is 0 Å². The molecule has 0 bridgehead atoms. The van der Waals surface area contributed by atoms with Crippen LogP contribution < -0.4 is 5.32 Å². The van der Waals surface area contributed by atoms with Gasteiger partial charge in [0.25, 0.3) is 5.69 Å². The number of carbonyl (C=O) groups excluding carboxylic acids is 1. The number of carbonyl (C=O) groups is 1. The third kappa shape index (κ3) is 4.01. The first-order valence-corrected chi connectivity index (χ1v) is 7.36. The quantitative estimate of drug-likeness (QED) is 0.484. The van der Waals surface area contributed by atoms with Gasteiger partial charge in [-0.25, -0.2) is 0 Å². The summed E-state index contributed by atoms with van der Waals surface area (Å²) in [4.78, 5) is 22.3. The van der Waals surface area contributed by atoms with E-state index in [1.807, 2.05) is 24.3 Å². The van der Waals surface area contributed by atoms with Crippen molar-refractivity contribution in [2.45, 2.75) is 12.8 Å². The summed E-state index contributed by atoms with van der Waals surface area (Å²) in [5.74, 6) is -0.532. The number of halogens is 1. The monoisotopic (exact) mass is 396 g/mol. The van der Waals surface area contributed by atoms with Crippen molar-refractivity contribution < 1.29 is 9.72 Å². The fraction of sp³-hybridized carbons (Fsp3) is 0.133. The normalized spacial score (nSPS) is 11.7. The number of non-ortho nitro benzene ring substituents is 1. The zero-order valence-corrected chi connectivity index (χ0v) is 13.4. The molecule has 0 radical (unpaired) electrons. The minimum Gasteiger partial charge on any atom is -0.326 e. The first kappa shape index (κ1) is 15.4. The number of anilines is 1. The molecule has 6 heteroatoms. The molecule has 1 amide bonds. The van der Waals surface area contributed by atoms with Crippen LogP contribution in [0.15, 0.2) is 48.5 Å². The fourth-order valence-electron chi connectivity index (χ4n) is 1.82. The first-order valence-electron chi connectivity index (χ1n) is 6.28. The minimum absolute atomic E-state index is 0.0176. The molecule has 0 fully saturated rings. The van der Waals surface area contributed by atoms with Crippen molar-refractivity contribution in [3.8, 4) is 0 Å². The molecular weight excluding hydrogens is 383 g/mol. The molecule has 0 unspecified atom stereocenters. The Morgan fingerprint density at radius 2 is 1.71 bits per heavy atom. The molecule has 5 nitrogen and oxygen atoms in total. The molecule has 0 aliphatic rings. The maximum absolute atomic E-state index is 12.2. The number of rotatable bonds is 4. The van der Waals surface area contributed by atoms with E-state index in [2.05, 4.69) is 27.9 Å². The van der Waals surface area contributed by atoms with Crippen molar-refractivity contribution in [2.24, 2.45) is 0 Å². The number of amides is 1. The highest BCUT2D eigenvalue weighted by molar-refractivity contribution is 14.1. The number of nitro groups is 1. The van der Waals surface area contributed by atoms with Gasteiger partial charge in [-0.1, -0.05) is 12.1 Å². The van der Waals surface area contributed by atoms with Crippen LogP contribution in [0.5, 0.6) is 0 Å². The van der Waals surface area contributed by atoms with E-state index in [1.54, 1.807) is 19.1 Å². The lowest BCUT2D eigenvalue weighted by atomic mass is 10.00. The van der Waals surface area contributed by atoms with Gasteiger partial charge in [0.1, 0.15) is 0 Å². The molecule has 0 saturated carbocycles. The maximum atomic E-state index is 12.2. The van der Waals surface area contributed by atoms with E-state index in [0.717, 1.165) is 14.8 Å². The summed E-state index contributed by atoms with van der Waals surface area (Å²) in [6.07, 6.45) is 0. The summed E-state index contributed by atoms with van der Waals surface area (Å²) in [5.41, 5.74) is 1.49. The highest BCUT2D eigenvalue weighted by atomic mass is 127. The van der Waals surface area contributed by atoms with Crippen LogP contribution in [0.1, 0.15) is 18.4 Å². The highest BCUT2D eigenvalue weighted by Gasteiger charge is 2.16. The summed E-state index contributed by atoms with van der Waals surface area (Å²) in [7, 11) is 0. The second kappa shape index (κ2) is 6.66. The molecule has 21 heavy (non-hydrogen) atoms. The van der Waals surface area contributed by atoms with Crippen LogP contribution in [-0.4, -0.2) is 10.8 Å². The third-order valence-corrected chi connectivity index (χ3v) is 3.83. The van der Waals surface area contributed by atoms with Crippen LogP contribution in [0, 0.1) is 13.7 Å². The van der Waals surface area contributed by atoms with Crippen LogP contribution >= 0.6 is 22.6 Å². The molecule has 1 atom stereocenters. The van der Waals surface area contributed by atoms with E-state index >= 15 is 0 Å². The summed E-state index contributed by atoms with van der Waals surface area (Å²) < 4.78 is 1.09. The molecule has 1 N–H and O–H groups in total. The van der Waals surface area contributed by atoms with Gasteiger partial charge in [-0.2, -0.15) is 0 Å². The Kier molecular flexibility index (Phi) is 4.89. The van der Waals surface area contributed by atoms with Crippen molar-refractivity contribution in [3.05, 3.63) is 67.8 Å². The lowest BCUT2D eigenvalue weighted by Crippen LogP contribution is -2.18. The largest absolute Gasteiger partial charge is 0.326 e. The average Bonchev–Trinajstić information content (AvgIpc) is 2.49. The van der Waals surface area contributed by atoms with Crippen LogP contribution in [0.25, 0.3) is 0 Å². The van der Waals surface area contributed by atoms with Crippen LogP contribution in [0.4, 0.5) is 11.4 Å². The van der Waals surface area contributed by atoms with Crippen molar-refractivity contribution in [2.75, 3.05) is 5.32 Å².